The van der Waals surface area contributed by atoms with Gasteiger partial charge >= 0.3 is 5.97 Å². The molecular formula is C13H10O3. The second kappa shape index (κ2) is 4.14. The second-order valence-electron chi connectivity index (χ2n) is 3.60. The Morgan fingerprint density at radius 3 is 2.38 bits per heavy atom. The van der Waals surface area contributed by atoms with Crippen LogP contribution in [0.3, 0.4) is 0 Å². The summed E-state index contributed by atoms with van der Waals surface area (Å²) in [6.07, 6.45) is 3.09. The quantitative estimate of drug-likeness (QED) is 0.833. The van der Waals surface area contributed by atoms with Crippen LogP contribution in [-0.2, 0) is 16.0 Å². The van der Waals surface area contributed by atoms with Crippen LogP contribution in [0.15, 0.2) is 53.6 Å². The predicted molar refractivity (Wildman–Crippen MR) is 59.0 cm³/mol. The monoisotopic (exact) mass is 214 g/mol. The number of benzene rings is 1. The number of ketones is 1. The maximum Gasteiger partial charge on any atom is 0.335 e. The minimum Gasteiger partial charge on any atom is -0.478 e. The molecule has 0 atom stereocenters. The van der Waals surface area contributed by atoms with E-state index in [0.29, 0.717) is 12.0 Å². The van der Waals surface area contributed by atoms with Crippen molar-refractivity contribution in [3.63, 3.8) is 0 Å². The van der Waals surface area contributed by atoms with E-state index in [1.165, 1.54) is 12.2 Å². The van der Waals surface area contributed by atoms with E-state index in [1.807, 2.05) is 30.3 Å². The van der Waals surface area contributed by atoms with Gasteiger partial charge in [-0.2, -0.15) is 0 Å². The van der Waals surface area contributed by atoms with E-state index in [4.69, 9.17) is 5.11 Å². The number of carboxylic acids is 1. The molecule has 1 aromatic rings. The molecule has 1 aromatic carbocycles. The summed E-state index contributed by atoms with van der Waals surface area (Å²) in [5.41, 5.74) is 1.60. The zero-order chi connectivity index (χ0) is 11.5. The van der Waals surface area contributed by atoms with Gasteiger partial charge in [-0.15, -0.1) is 0 Å². The van der Waals surface area contributed by atoms with Crippen LogP contribution in [0.1, 0.15) is 5.56 Å². The molecule has 16 heavy (non-hydrogen) atoms. The molecule has 0 bridgehead atoms. The molecule has 0 aromatic heterocycles. The molecule has 3 nitrogen and oxygen atoms in total. The Hall–Kier alpha value is -2.16. The number of rotatable bonds is 3. The van der Waals surface area contributed by atoms with Gasteiger partial charge in [-0.25, -0.2) is 4.79 Å². The Balaban J connectivity index is 2.17. The first-order valence-electron chi connectivity index (χ1n) is 4.90. The molecule has 0 saturated heterocycles. The van der Waals surface area contributed by atoms with E-state index in [9.17, 15) is 9.59 Å². The lowest BCUT2D eigenvalue weighted by Crippen LogP contribution is -1.98. The van der Waals surface area contributed by atoms with Crippen LogP contribution in [0.4, 0.5) is 0 Å². The van der Waals surface area contributed by atoms with Crippen LogP contribution in [0.5, 0.6) is 0 Å². The van der Waals surface area contributed by atoms with Crippen molar-refractivity contribution in [2.24, 2.45) is 0 Å². The van der Waals surface area contributed by atoms with Crippen molar-refractivity contribution in [1.29, 1.82) is 0 Å². The van der Waals surface area contributed by atoms with E-state index >= 15 is 0 Å². The second-order valence-corrected chi connectivity index (χ2v) is 3.60. The maximum absolute atomic E-state index is 11.5. The Morgan fingerprint density at radius 1 is 1.12 bits per heavy atom. The van der Waals surface area contributed by atoms with Gasteiger partial charge in [0.2, 0.25) is 0 Å². The molecule has 0 spiro atoms. The molecule has 80 valence electrons. The van der Waals surface area contributed by atoms with Gasteiger partial charge in [0, 0.05) is 18.1 Å². The lowest BCUT2D eigenvalue weighted by atomic mass is 10.0. The van der Waals surface area contributed by atoms with Gasteiger partial charge in [0.25, 0.3) is 0 Å². The van der Waals surface area contributed by atoms with Crippen molar-refractivity contribution in [3.05, 3.63) is 59.2 Å². The number of carbonyl (C=O) groups excluding carboxylic acids is 1. The highest BCUT2D eigenvalue weighted by molar-refractivity contribution is 6.14. The molecule has 1 aliphatic rings. The summed E-state index contributed by atoms with van der Waals surface area (Å²) in [6, 6.07) is 9.50. The van der Waals surface area contributed by atoms with Crippen LogP contribution in [-0.4, -0.2) is 16.9 Å². The van der Waals surface area contributed by atoms with Gasteiger partial charge < -0.3 is 5.11 Å². The molecule has 1 N–H and O–H groups in total. The van der Waals surface area contributed by atoms with Crippen LogP contribution in [0.25, 0.3) is 0 Å². The van der Waals surface area contributed by atoms with Gasteiger partial charge in [-0.1, -0.05) is 30.3 Å². The number of allylic oxidation sites excluding steroid dienone is 2. The highest BCUT2D eigenvalue weighted by Gasteiger charge is 2.19. The summed E-state index contributed by atoms with van der Waals surface area (Å²) in [5.74, 6) is -1.27. The van der Waals surface area contributed by atoms with Crippen molar-refractivity contribution >= 4 is 11.8 Å². The average Bonchev–Trinajstić information content (AvgIpc) is 2.62. The van der Waals surface area contributed by atoms with Crippen molar-refractivity contribution in [2.75, 3.05) is 0 Å². The van der Waals surface area contributed by atoms with Gasteiger partial charge in [-0.05, 0) is 11.6 Å². The molecule has 1 aliphatic carbocycles. The highest BCUT2D eigenvalue weighted by atomic mass is 16.4. The van der Waals surface area contributed by atoms with E-state index in [0.717, 1.165) is 5.56 Å². The molecule has 0 unspecified atom stereocenters. The first kappa shape index (κ1) is 10.4. The van der Waals surface area contributed by atoms with Gasteiger partial charge in [-0.3, -0.25) is 4.79 Å². The van der Waals surface area contributed by atoms with Crippen LogP contribution < -0.4 is 0 Å². The average molecular weight is 214 g/mol. The summed E-state index contributed by atoms with van der Waals surface area (Å²) in [4.78, 5) is 22.2. The van der Waals surface area contributed by atoms with E-state index < -0.39 is 5.97 Å². The van der Waals surface area contributed by atoms with Crippen molar-refractivity contribution in [3.8, 4) is 0 Å². The highest BCUT2D eigenvalue weighted by Crippen LogP contribution is 2.18. The van der Waals surface area contributed by atoms with Gasteiger partial charge in [0.1, 0.15) is 0 Å². The summed E-state index contributed by atoms with van der Waals surface area (Å²) in [6.45, 7) is 0. The first-order chi connectivity index (χ1) is 7.66. The fourth-order valence-electron chi connectivity index (χ4n) is 1.61. The third kappa shape index (κ3) is 2.08. The van der Waals surface area contributed by atoms with Crippen molar-refractivity contribution < 1.29 is 14.7 Å². The standard InChI is InChI=1S/C13H10O3/c14-12-8-11(13(15)16)7-10(12)6-9-4-2-1-3-5-9/h1-5,7-8H,6H2,(H,15,16). The van der Waals surface area contributed by atoms with E-state index in [2.05, 4.69) is 0 Å². The largest absolute Gasteiger partial charge is 0.478 e. The number of aliphatic carboxylic acids is 1. The predicted octanol–water partition coefficient (Wildman–Crippen LogP) is 1.75. The summed E-state index contributed by atoms with van der Waals surface area (Å²) in [7, 11) is 0. The molecule has 0 fully saturated rings. The molecule has 0 heterocycles. The normalized spacial score (nSPS) is 14.6. The van der Waals surface area contributed by atoms with Gasteiger partial charge in [0.15, 0.2) is 5.78 Å². The maximum atomic E-state index is 11.5. The molecule has 0 radical (unpaired) electrons. The molecule has 0 saturated carbocycles. The zero-order valence-corrected chi connectivity index (χ0v) is 8.51. The zero-order valence-electron chi connectivity index (χ0n) is 8.51. The Labute approximate surface area is 92.7 Å². The number of carboxylic acid groups (broad SMARTS) is 1. The van der Waals surface area contributed by atoms with E-state index in [1.54, 1.807) is 0 Å². The SMILES string of the molecule is O=C(O)C1=CC(=O)C(Cc2ccccc2)=C1. The lowest BCUT2D eigenvalue weighted by Gasteiger charge is -2.00. The Morgan fingerprint density at radius 2 is 1.81 bits per heavy atom. The fourth-order valence-corrected chi connectivity index (χ4v) is 1.61. The minimum absolute atomic E-state index is 0.0657. The third-order valence-corrected chi connectivity index (χ3v) is 2.42. The number of hydrogen-bond acceptors (Lipinski definition) is 2. The topological polar surface area (TPSA) is 54.4 Å². The molecule has 2 rings (SSSR count). The van der Waals surface area contributed by atoms with Crippen LogP contribution >= 0.6 is 0 Å². The first-order valence-corrected chi connectivity index (χ1v) is 4.90. The van der Waals surface area contributed by atoms with Crippen LogP contribution in [0, 0.1) is 0 Å². The summed E-state index contributed by atoms with van der Waals surface area (Å²) < 4.78 is 0. The number of hydrogen-bond donors (Lipinski definition) is 1. The van der Waals surface area contributed by atoms with E-state index in [-0.39, 0.29) is 11.4 Å². The third-order valence-electron chi connectivity index (χ3n) is 2.42. The molecule has 3 heteroatoms. The number of carbonyl (C=O) groups is 2. The summed E-state index contributed by atoms with van der Waals surface area (Å²) >= 11 is 0. The molecule has 0 aliphatic heterocycles. The Bertz CT molecular complexity index is 495. The van der Waals surface area contributed by atoms with Crippen molar-refractivity contribution in [1.82, 2.24) is 0 Å². The lowest BCUT2D eigenvalue weighted by molar-refractivity contribution is -0.132. The van der Waals surface area contributed by atoms with Crippen molar-refractivity contribution in [2.45, 2.75) is 6.42 Å². The summed E-state index contributed by atoms with van der Waals surface area (Å²) in [5, 5.41) is 8.75. The smallest absolute Gasteiger partial charge is 0.335 e. The minimum atomic E-state index is -1.06. The van der Waals surface area contributed by atoms with Gasteiger partial charge in [0.05, 0.1) is 5.57 Å². The Kier molecular flexibility index (Phi) is 2.68. The fraction of sp³-hybridized carbons (Fsp3) is 0.0769. The van der Waals surface area contributed by atoms with Crippen LogP contribution in [0.2, 0.25) is 0 Å². The molecule has 0 amide bonds. The molecular weight excluding hydrogens is 204 g/mol.